The molecule has 20 heavy (non-hydrogen) atoms. The SMILES string of the molecule is C=C(OC1CCCCO1)c1cc(Cl)cc(C)c1N=CC. The average molecular weight is 294 g/mol. The summed E-state index contributed by atoms with van der Waals surface area (Å²) in [6.45, 7) is 8.61. The summed E-state index contributed by atoms with van der Waals surface area (Å²) < 4.78 is 11.4. The van der Waals surface area contributed by atoms with Crippen LogP contribution in [0.25, 0.3) is 5.76 Å². The average Bonchev–Trinajstić information content (AvgIpc) is 2.42. The van der Waals surface area contributed by atoms with Crippen molar-refractivity contribution in [3.05, 3.63) is 34.9 Å². The first-order chi connectivity index (χ1) is 9.61. The summed E-state index contributed by atoms with van der Waals surface area (Å²) in [7, 11) is 0. The molecular weight excluding hydrogens is 274 g/mol. The molecule has 1 fully saturated rings. The second kappa shape index (κ2) is 6.91. The van der Waals surface area contributed by atoms with Crippen LogP contribution in [0, 0.1) is 6.92 Å². The lowest BCUT2D eigenvalue weighted by Gasteiger charge is -2.25. The van der Waals surface area contributed by atoms with E-state index in [9.17, 15) is 0 Å². The Kier molecular flexibility index (Phi) is 5.21. The number of nitrogens with zero attached hydrogens (tertiary/aromatic N) is 1. The van der Waals surface area contributed by atoms with Gasteiger partial charge < -0.3 is 9.47 Å². The van der Waals surface area contributed by atoms with E-state index >= 15 is 0 Å². The van der Waals surface area contributed by atoms with Crippen LogP contribution in [0.2, 0.25) is 5.02 Å². The summed E-state index contributed by atoms with van der Waals surface area (Å²) in [4.78, 5) is 4.40. The summed E-state index contributed by atoms with van der Waals surface area (Å²) in [5, 5.41) is 0.655. The summed E-state index contributed by atoms with van der Waals surface area (Å²) >= 11 is 6.13. The Balaban J connectivity index is 2.23. The number of rotatable bonds is 4. The minimum atomic E-state index is -0.214. The third-order valence-corrected chi connectivity index (χ3v) is 3.45. The van der Waals surface area contributed by atoms with Crippen molar-refractivity contribution < 1.29 is 9.47 Å². The molecule has 108 valence electrons. The molecule has 0 aliphatic carbocycles. The highest BCUT2D eigenvalue weighted by atomic mass is 35.5. The molecule has 1 saturated heterocycles. The van der Waals surface area contributed by atoms with Gasteiger partial charge in [-0.3, -0.25) is 4.99 Å². The van der Waals surface area contributed by atoms with Gasteiger partial charge in [0, 0.05) is 23.2 Å². The first kappa shape index (κ1) is 15.1. The number of aryl methyl sites for hydroxylation is 1. The lowest BCUT2D eigenvalue weighted by molar-refractivity contribution is -0.120. The molecule has 2 rings (SSSR count). The topological polar surface area (TPSA) is 30.8 Å². The molecule has 1 aliphatic rings. The second-order valence-electron chi connectivity index (χ2n) is 4.84. The Hall–Kier alpha value is -1.32. The molecule has 1 atom stereocenters. The van der Waals surface area contributed by atoms with Crippen LogP contribution in [0.1, 0.15) is 37.3 Å². The molecule has 1 aromatic rings. The minimum Gasteiger partial charge on any atom is -0.465 e. The zero-order valence-electron chi connectivity index (χ0n) is 12.0. The van der Waals surface area contributed by atoms with Crippen LogP contribution in [-0.2, 0) is 9.47 Å². The van der Waals surface area contributed by atoms with Gasteiger partial charge in [-0.15, -0.1) is 0 Å². The highest BCUT2D eigenvalue weighted by Gasteiger charge is 2.18. The van der Waals surface area contributed by atoms with Crippen LogP contribution in [0.4, 0.5) is 5.69 Å². The Labute approximate surface area is 125 Å². The Morgan fingerprint density at radius 1 is 1.50 bits per heavy atom. The van der Waals surface area contributed by atoms with E-state index in [1.807, 2.05) is 26.0 Å². The summed E-state index contributed by atoms with van der Waals surface area (Å²) in [5.41, 5.74) is 2.67. The number of hydrogen-bond acceptors (Lipinski definition) is 3. The Morgan fingerprint density at radius 2 is 2.30 bits per heavy atom. The first-order valence-corrected chi connectivity index (χ1v) is 7.26. The molecule has 1 aromatic carbocycles. The molecule has 0 amide bonds. The molecule has 0 aromatic heterocycles. The number of aliphatic imine (C=N–C) groups is 1. The maximum Gasteiger partial charge on any atom is 0.199 e. The Morgan fingerprint density at radius 3 is 2.95 bits per heavy atom. The predicted molar refractivity (Wildman–Crippen MR) is 83.7 cm³/mol. The van der Waals surface area contributed by atoms with Crippen molar-refractivity contribution in [2.24, 2.45) is 4.99 Å². The fourth-order valence-electron chi connectivity index (χ4n) is 2.27. The van der Waals surface area contributed by atoms with Gasteiger partial charge in [-0.2, -0.15) is 0 Å². The van der Waals surface area contributed by atoms with Crippen LogP contribution in [0.15, 0.2) is 23.7 Å². The summed E-state index contributed by atoms with van der Waals surface area (Å²) in [5.74, 6) is 0.558. The molecule has 4 heteroatoms. The number of hydrogen-bond donors (Lipinski definition) is 0. The fourth-order valence-corrected chi connectivity index (χ4v) is 2.55. The first-order valence-electron chi connectivity index (χ1n) is 6.88. The third kappa shape index (κ3) is 3.62. The van der Waals surface area contributed by atoms with Crippen LogP contribution in [-0.4, -0.2) is 19.1 Å². The maximum absolute atomic E-state index is 6.13. The van der Waals surface area contributed by atoms with E-state index in [4.69, 9.17) is 21.1 Å². The van der Waals surface area contributed by atoms with E-state index in [1.54, 1.807) is 6.21 Å². The molecule has 0 spiro atoms. The fraction of sp³-hybridized carbons (Fsp3) is 0.438. The lowest BCUT2D eigenvalue weighted by atomic mass is 10.1. The van der Waals surface area contributed by atoms with Gasteiger partial charge in [-0.1, -0.05) is 18.2 Å². The van der Waals surface area contributed by atoms with Gasteiger partial charge in [-0.25, -0.2) is 0 Å². The number of halogens is 1. The van der Waals surface area contributed by atoms with Crippen molar-refractivity contribution in [2.45, 2.75) is 39.4 Å². The molecule has 1 unspecified atom stereocenters. The van der Waals surface area contributed by atoms with Crippen molar-refractivity contribution in [3.8, 4) is 0 Å². The Bertz CT molecular complexity index is 519. The third-order valence-electron chi connectivity index (χ3n) is 3.24. The van der Waals surface area contributed by atoms with Crippen LogP contribution >= 0.6 is 11.6 Å². The van der Waals surface area contributed by atoms with Crippen molar-refractivity contribution in [3.63, 3.8) is 0 Å². The molecular formula is C16H20ClNO2. The van der Waals surface area contributed by atoms with Gasteiger partial charge in [-0.05, 0) is 44.4 Å². The summed E-state index contributed by atoms with van der Waals surface area (Å²) in [6.07, 6.45) is 4.64. The van der Waals surface area contributed by atoms with Crippen molar-refractivity contribution >= 4 is 29.3 Å². The smallest absolute Gasteiger partial charge is 0.199 e. The van der Waals surface area contributed by atoms with E-state index in [0.29, 0.717) is 10.8 Å². The van der Waals surface area contributed by atoms with Crippen molar-refractivity contribution in [2.75, 3.05) is 6.61 Å². The van der Waals surface area contributed by atoms with Gasteiger partial charge in [0.15, 0.2) is 6.29 Å². The quantitative estimate of drug-likeness (QED) is 0.585. The predicted octanol–water partition coefficient (Wildman–Crippen LogP) is 4.88. The number of ether oxygens (including phenoxy) is 2. The van der Waals surface area contributed by atoms with Gasteiger partial charge in [0.1, 0.15) is 5.76 Å². The van der Waals surface area contributed by atoms with E-state index in [-0.39, 0.29) is 6.29 Å². The summed E-state index contributed by atoms with van der Waals surface area (Å²) in [6, 6.07) is 3.72. The van der Waals surface area contributed by atoms with E-state index in [0.717, 1.165) is 42.7 Å². The zero-order valence-corrected chi connectivity index (χ0v) is 12.7. The normalized spacial score (nSPS) is 19.2. The van der Waals surface area contributed by atoms with Gasteiger partial charge in [0.25, 0.3) is 0 Å². The zero-order chi connectivity index (χ0) is 14.5. The minimum absolute atomic E-state index is 0.214. The molecule has 1 aliphatic heterocycles. The molecule has 0 radical (unpaired) electrons. The highest BCUT2D eigenvalue weighted by molar-refractivity contribution is 6.31. The highest BCUT2D eigenvalue weighted by Crippen LogP contribution is 2.34. The van der Waals surface area contributed by atoms with E-state index in [1.165, 1.54) is 0 Å². The van der Waals surface area contributed by atoms with Crippen LogP contribution in [0.3, 0.4) is 0 Å². The van der Waals surface area contributed by atoms with E-state index < -0.39 is 0 Å². The molecule has 3 nitrogen and oxygen atoms in total. The molecule has 0 bridgehead atoms. The standard InChI is InChI=1S/C16H20ClNO2/c1-4-18-16-11(2)9-13(17)10-14(16)12(3)20-15-7-5-6-8-19-15/h4,9-10,15H,3,5-8H2,1-2H3. The largest absolute Gasteiger partial charge is 0.465 e. The monoisotopic (exact) mass is 293 g/mol. The van der Waals surface area contributed by atoms with Gasteiger partial charge in [0.05, 0.1) is 12.3 Å². The molecule has 0 N–H and O–H groups in total. The maximum atomic E-state index is 6.13. The van der Waals surface area contributed by atoms with Crippen molar-refractivity contribution in [1.82, 2.24) is 0 Å². The van der Waals surface area contributed by atoms with Crippen LogP contribution < -0.4 is 0 Å². The number of benzene rings is 1. The van der Waals surface area contributed by atoms with Crippen molar-refractivity contribution in [1.29, 1.82) is 0 Å². The second-order valence-corrected chi connectivity index (χ2v) is 5.28. The van der Waals surface area contributed by atoms with Gasteiger partial charge >= 0.3 is 0 Å². The van der Waals surface area contributed by atoms with E-state index in [2.05, 4.69) is 11.6 Å². The molecule has 0 saturated carbocycles. The molecule has 1 heterocycles. The van der Waals surface area contributed by atoms with Gasteiger partial charge in [0.2, 0.25) is 0 Å². The van der Waals surface area contributed by atoms with Crippen LogP contribution in [0.5, 0.6) is 0 Å². The lowest BCUT2D eigenvalue weighted by Crippen LogP contribution is -2.21.